The molecule has 9 heteroatoms. The lowest BCUT2D eigenvalue weighted by atomic mass is 10.1. The summed E-state index contributed by atoms with van der Waals surface area (Å²) in [6.07, 6.45) is 1.35. The van der Waals surface area contributed by atoms with E-state index in [0.29, 0.717) is 28.6 Å². The van der Waals surface area contributed by atoms with E-state index in [9.17, 15) is 14.4 Å². The van der Waals surface area contributed by atoms with Crippen molar-refractivity contribution in [2.24, 2.45) is 0 Å². The van der Waals surface area contributed by atoms with E-state index in [1.807, 2.05) is 0 Å². The summed E-state index contributed by atoms with van der Waals surface area (Å²) >= 11 is 0. The number of carbonyl (C=O) groups excluding carboxylic acids is 3. The number of hydrogen-bond donors (Lipinski definition) is 1. The molecule has 0 aliphatic carbocycles. The molecule has 1 N–H and O–H groups in total. The van der Waals surface area contributed by atoms with Gasteiger partial charge in [0.25, 0.3) is 11.8 Å². The van der Waals surface area contributed by atoms with Crippen molar-refractivity contribution in [1.29, 1.82) is 0 Å². The van der Waals surface area contributed by atoms with Crippen LogP contribution in [0.4, 0.5) is 10.5 Å². The number of barbiturate groups is 1. The van der Waals surface area contributed by atoms with Crippen LogP contribution >= 0.6 is 0 Å². The Morgan fingerprint density at radius 1 is 1.03 bits per heavy atom. The number of nitrogens with zero attached hydrogens (tertiary/aromatic N) is 1. The van der Waals surface area contributed by atoms with Gasteiger partial charge in [-0.3, -0.25) is 14.9 Å². The van der Waals surface area contributed by atoms with Crippen molar-refractivity contribution in [3.63, 3.8) is 0 Å². The second-order valence-electron chi connectivity index (χ2n) is 6.08. The van der Waals surface area contributed by atoms with Gasteiger partial charge in [0.05, 0.1) is 19.9 Å². The van der Waals surface area contributed by atoms with E-state index >= 15 is 0 Å². The Kier molecular flexibility index (Phi) is 4.55. The highest BCUT2D eigenvalue weighted by Gasteiger charge is 2.37. The lowest BCUT2D eigenvalue weighted by molar-refractivity contribution is -0.122. The summed E-state index contributed by atoms with van der Waals surface area (Å²) in [6.45, 7) is 0.0538. The average Bonchev–Trinajstić information content (AvgIpc) is 3.18. The summed E-state index contributed by atoms with van der Waals surface area (Å²) in [4.78, 5) is 38.6. The molecule has 0 unspecified atom stereocenters. The molecule has 2 aliphatic heterocycles. The molecule has 2 aromatic carbocycles. The topological polar surface area (TPSA) is 103 Å². The maximum Gasteiger partial charge on any atom is 0.335 e. The number of ether oxygens (including phenoxy) is 4. The number of rotatable bonds is 4. The third-order valence-corrected chi connectivity index (χ3v) is 4.45. The molecule has 9 nitrogen and oxygen atoms in total. The fraction of sp³-hybridized carbons (Fsp3) is 0.150. The predicted molar refractivity (Wildman–Crippen MR) is 101 cm³/mol. The Morgan fingerprint density at radius 3 is 2.59 bits per heavy atom. The van der Waals surface area contributed by atoms with Crippen LogP contribution in [0.25, 0.3) is 6.08 Å². The monoisotopic (exact) mass is 396 g/mol. The number of imide groups is 2. The molecular formula is C20H16N2O7. The molecule has 0 aromatic heterocycles. The van der Waals surface area contributed by atoms with Crippen molar-refractivity contribution in [2.75, 3.05) is 25.9 Å². The van der Waals surface area contributed by atoms with Crippen LogP contribution in [-0.2, 0) is 9.59 Å². The minimum atomic E-state index is -0.853. The first-order valence-corrected chi connectivity index (χ1v) is 8.55. The van der Waals surface area contributed by atoms with Gasteiger partial charge in [-0.05, 0) is 24.3 Å². The van der Waals surface area contributed by atoms with Gasteiger partial charge >= 0.3 is 6.03 Å². The summed E-state index contributed by atoms with van der Waals surface area (Å²) in [7, 11) is 2.93. The zero-order valence-electron chi connectivity index (χ0n) is 15.6. The van der Waals surface area contributed by atoms with Crippen LogP contribution in [0.3, 0.4) is 0 Å². The number of hydrogen-bond acceptors (Lipinski definition) is 7. The number of amides is 4. The molecule has 0 atom stereocenters. The second-order valence-corrected chi connectivity index (χ2v) is 6.08. The average molecular weight is 396 g/mol. The summed E-state index contributed by atoms with van der Waals surface area (Å²) in [5.74, 6) is 0.125. The number of carbonyl (C=O) groups is 3. The van der Waals surface area contributed by atoms with Crippen LogP contribution in [0.15, 0.2) is 42.0 Å². The molecule has 4 rings (SSSR count). The van der Waals surface area contributed by atoms with E-state index in [1.165, 1.54) is 32.4 Å². The van der Waals surface area contributed by atoms with Crippen molar-refractivity contribution in [3.05, 3.63) is 47.5 Å². The number of urea groups is 1. The van der Waals surface area contributed by atoms with Gasteiger partial charge in [0.2, 0.25) is 6.79 Å². The number of fused-ring (bicyclic) bond motifs is 1. The van der Waals surface area contributed by atoms with Crippen molar-refractivity contribution in [1.82, 2.24) is 5.32 Å². The fourth-order valence-electron chi connectivity index (χ4n) is 3.10. The van der Waals surface area contributed by atoms with Gasteiger partial charge in [-0.25, -0.2) is 9.69 Å². The summed E-state index contributed by atoms with van der Waals surface area (Å²) in [5.41, 5.74) is 0.465. The number of para-hydroxylation sites is 1. The van der Waals surface area contributed by atoms with E-state index in [0.717, 1.165) is 4.90 Å². The number of methoxy groups -OCH3 is 2. The van der Waals surface area contributed by atoms with Crippen LogP contribution < -0.4 is 29.2 Å². The lowest BCUT2D eigenvalue weighted by Crippen LogP contribution is -2.54. The molecule has 0 radical (unpaired) electrons. The molecule has 148 valence electrons. The zero-order chi connectivity index (χ0) is 20.5. The molecule has 0 saturated carbocycles. The zero-order valence-corrected chi connectivity index (χ0v) is 15.6. The summed E-state index contributed by atoms with van der Waals surface area (Å²) in [6, 6.07) is 8.81. The molecule has 0 spiro atoms. The van der Waals surface area contributed by atoms with E-state index < -0.39 is 17.8 Å². The lowest BCUT2D eigenvalue weighted by Gasteiger charge is -2.26. The first-order valence-electron chi connectivity index (χ1n) is 8.55. The molecule has 2 aromatic rings. The molecule has 1 saturated heterocycles. The molecule has 29 heavy (non-hydrogen) atoms. The van der Waals surface area contributed by atoms with Gasteiger partial charge in [-0.15, -0.1) is 0 Å². The normalized spacial score (nSPS) is 16.8. The SMILES string of the molecule is COc1cccc(/C=C2\C(=O)NC(=O)N(c3ccc4c(c3)OCO4)C2=O)c1OC. The fourth-order valence-corrected chi connectivity index (χ4v) is 3.10. The van der Waals surface area contributed by atoms with E-state index in [1.54, 1.807) is 24.3 Å². The highest BCUT2D eigenvalue weighted by atomic mass is 16.7. The van der Waals surface area contributed by atoms with Crippen LogP contribution in [-0.4, -0.2) is 38.9 Å². The van der Waals surface area contributed by atoms with Crippen molar-refractivity contribution >= 4 is 29.6 Å². The third-order valence-electron chi connectivity index (χ3n) is 4.45. The largest absolute Gasteiger partial charge is 0.493 e. The number of nitrogens with one attached hydrogen (secondary N) is 1. The van der Waals surface area contributed by atoms with Gasteiger partial charge in [-0.1, -0.05) is 12.1 Å². The number of benzene rings is 2. The van der Waals surface area contributed by atoms with Gasteiger partial charge in [0.15, 0.2) is 23.0 Å². The smallest absolute Gasteiger partial charge is 0.335 e. The molecular weight excluding hydrogens is 380 g/mol. The van der Waals surface area contributed by atoms with Crippen LogP contribution in [0, 0.1) is 0 Å². The molecule has 1 fully saturated rings. The first kappa shape index (κ1) is 18.4. The quantitative estimate of drug-likeness (QED) is 0.623. The second kappa shape index (κ2) is 7.19. The Hall–Kier alpha value is -4.01. The summed E-state index contributed by atoms with van der Waals surface area (Å²) < 4.78 is 21.1. The molecule has 4 amide bonds. The third kappa shape index (κ3) is 3.12. The van der Waals surface area contributed by atoms with Gasteiger partial charge in [0, 0.05) is 11.6 Å². The van der Waals surface area contributed by atoms with Crippen molar-refractivity contribution in [2.45, 2.75) is 0 Å². The van der Waals surface area contributed by atoms with Gasteiger partial charge in [-0.2, -0.15) is 0 Å². The molecule has 2 heterocycles. The molecule has 2 aliphatic rings. The highest BCUT2D eigenvalue weighted by Crippen LogP contribution is 2.37. The van der Waals surface area contributed by atoms with Crippen molar-refractivity contribution < 1.29 is 33.3 Å². The van der Waals surface area contributed by atoms with Gasteiger partial charge < -0.3 is 18.9 Å². The van der Waals surface area contributed by atoms with E-state index in [-0.39, 0.29) is 18.1 Å². The Bertz CT molecular complexity index is 1060. The van der Waals surface area contributed by atoms with Crippen LogP contribution in [0.1, 0.15) is 5.56 Å². The van der Waals surface area contributed by atoms with Crippen LogP contribution in [0.5, 0.6) is 23.0 Å². The predicted octanol–water partition coefficient (Wildman–Crippen LogP) is 2.10. The Labute approximate surface area is 165 Å². The standard InChI is InChI=1S/C20H16N2O7/c1-26-15-5-3-4-11(17(15)27-2)8-13-18(23)21-20(25)22(19(13)24)12-6-7-14-16(9-12)29-10-28-14/h3-9H,10H2,1-2H3,(H,21,23,25)/b13-8+. The minimum absolute atomic E-state index is 0.0538. The van der Waals surface area contributed by atoms with E-state index in [2.05, 4.69) is 5.32 Å². The maximum atomic E-state index is 13.0. The van der Waals surface area contributed by atoms with Crippen LogP contribution in [0.2, 0.25) is 0 Å². The minimum Gasteiger partial charge on any atom is -0.493 e. The Balaban J connectivity index is 1.75. The maximum absolute atomic E-state index is 13.0. The van der Waals surface area contributed by atoms with Crippen molar-refractivity contribution in [3.8, 4) is 23.0 Å². The summed E-state index contributed by atoms with van der Waals surface area (Å²) in [5, 5.41) is 2.18. The first-order chi connectivity index (χ1) is 14.0. The van der Waals surface area contributed by atoms with E-state index in [4.69, 9.17) is 18.9 Å². The number of anilines is 1. The Morgan fingerprint density at radius 2 is 1.83 bits per heavy atom. The highest BCUT2D eigenvalue weighted by molar-refractivity contribution is 6.39. The van der Waals surface area contributed by atoms with Gasteiger partial charge in [0.1, 0.15) is 5.57 Å². The molecule has 0 bridgehead atoms.